The molecule has 15 heteroatoms. The fourth-order valence-corrected chi connectivity index (χ4v) is 5.29. The summed E-state index contributed by atoms with van der Waals surface area (Å²) in [5.74, 6) is -4.76. The Bertz CT molecular complexity index is 1920. The lowest BCUT2D eigenvalue weighted by atomic mass is 10.0. The quantitative estimate of drug-likeness (QED) is 0.0337. The number of carbonyl (C=O) groups excluding carboxylic acids is 6. The summed E-state index contributed by atoms with van der Waals surface area (Å²) in [7, 11) is 0. The third-order valence-electron chi connectivity index (χ3n) is 8.52. The van der Waals surface area contributed by atoms with Gasteiger partial charge in [0.05, 0.1) is 13.0 Å². The lowest BCUT2D eigenvalue weighted by molar-refractivity contribution is -0.168. The molecule has 4 N–H and O–H groups in total. The van der Waals surface area contributed by atoms with Crippen LogP contribution in [-0.2, 0) is 74.0 Å². The Balaban J connectivity index is 0.000000779. The van der Waals surface area contributed by atoms with Crippen molar-refractivity contribution in [1.29, 1.82) is 0 Å². The van der Waals surface area contributed by atoms with Crippen LogP contribution in [0.25, 0.3) is 0 Å². The second-order valence-corrected chi connectivity index (χ2v) is 13.6. The van der Waals surface area contributed by atoms with E-state index in [2.05, 4.69) is 16.0 Å². The van der Waals surface area contributed by atoms with Gasteiger partial charge in [-0.2, -0.15) is 0 Å². The van der Waals surface area contributed by atoms with E-state index in [1.165, 1.54) is 19.1 Å². The van der Waals surface area contributed by atoms with Crippen molar-refractivity contribution in [2.75, 3.05) is 13.1 Å². The van der Waals surface area contributed by atoms with Crippen LogP contribution in [0.3, 0.4) is 0 Å². The summed E-state index contributed by atoms with van der Waals surface area (Å²) >= 11 is 0. The molecule has 0 radical (unpaired) electrons. The number of unbranched alkanes of at least 4 members (excludes halogenated alkanes) is 2. The van der Waals surface area contributed by atoms with Gasteiger partial charge in [-0.05, 0) is 40.8 Å². The highest BCUT2D eigenvalue weighted by atomic mass is 16.6. The van der Waals surface area contributed by atoms with Crippen LogP contribution in [0.5, 0.6) is 5.75 Å². The third kappa shape index (κ3) is 20.5. The van der Waals surface area contributed by atoms with Crippen LogP contribution in [0.15, 0.2) is 115 Å². The van der Waals surface area contributed by atoms with E-state index >= 15 is 0 Å². The first-order valence-electron chi connectivity index (χ1n) is 19.8. The second-order valence-electron chi connectivity index (χ2n) is 13.6. The maximum absolute atomic E-state index is 13.1. The molecule has 4 aromatic carbocycles. The Hall–Kier alpha value is -7.03. The molecule has 4 rings (SSSR count). The van der Waals surface area contributed by atoms with Gasteiger partial charge in [-0.25, -0.2) is 9.59 Å². The number of carbonyl (C=O) groups is 7. The van der Waals surface area contributed by atoms with Gasteiger partial charge in [0.15, 0.2) is 0 Å². The van der Waals surface area contributed by atoms with Crippen molar-refractivity contribution in [3.63, 3.8) is 0 Å². The minimum absolute atomic E-state index is 0.0697. The van der Waals surface area contributed by atoms with Crippen LogP contribution in [0.2, 0.25) is 0 Å². The van der Waals surface area contributed by atoms with E-state index in [4.69, 9.17) is 24.1 Å². The number of hydrogen-bond donors (Lipinski definition) is 4. The van der Waals surface area contributed by atoms with Gasteiger partial charge in [0.2, 0.25) is 17.7 Å². The van der Waals surface area contributed by atoms with E-state index in [1.54, 1.807) is 60.7 Å². The summed E-state index contributed by atoms with van der Waals surface area (Å²) in [6, 6.07) is 32.8. The zero-order chi connectivity index (χ0) is 44.2. The van der Waals surface area contributed by atoms with E-state index in [0.717, 1.165) is 36.0 Å². The number of carboxylic acids is 1. The maximum Gasteiger partial charge on any atom is 0.359 e. The normalized spacial score (nSPS) is 10.8. The number of rotatable bonds is 23. The molecule has 15 nitrogen and oxygen atoms in total. The fourth-order valence-electron chi connectivity index (χ4n) is 5.29. The first-order chi connectivity index (χ1) is 29.4. The summed E-state index contributed by atoms with van der Waals surface area (Å²) in [6.07, 6.45) is 0.330. The highest BCUT2D eigenvalue weighted by Gasteiger charge is 2.33. The molecule has 0 aliphatic heterocycles. The number of carboxylic acid groups (broad SMARTS) is 1. The van der Waals surface area contributed by atoms with Crippen molar-refractivity contribution in [3.05, 3.63) is 138 Å². The lowest BCUT2D eigenvalue weighted by Crippen LogP contribution is -2.50. The highest BCUT2D eigenvalue weighted by Crippen LogP contribution is 2.18. The van der Waals surface area contributed by atoms with Crippen LogP contribution < -0.4 is 20.7 Å². The van der Waals surface area contributed by atoms with Crippen molar-refractivity contribution in [2.45, 2.75) is 84.3 Å². The molecule has 0 aromatic heterocycles. The van der Waals surface area contributed by atoms with E-state index in [9.17, 15) is 33.6 Å². The molecule has 0 saturated heterocycles. The zero-order valence-electron chi connectivity index (χ0n) is 34.3. The van der Waals surface area contributed by atoms with Gasteiger partial charge in [-0.1, -0.05) is 123 Å². The molecule has 324 valence electrons. The van der Waals surface area contributed by atoms with Gasteiger partial charge in [-0.15, -0.1) is 0 Å². The summed E-state index contributed by atoms with van der Waals surface area (Å²) in [5, 5.41) is 16.5. The monoisotopic (exact) mass is 839 g/mol. The molecule has 1 unspecified atom stereocenters. The molecular formula is C46H53N3O12. The van der Waals surface area contributed by atoms with Gasteiger partial charge in [0, 0.05) is 26.3 Å². The van der Waals surface area contributed by atoms with E-state index < -0.39 is 54.3 Å². The van der Waals surface area contributed by atoms with Crippen molar-refractivity contribution in [3.8, 4) is 5.75 Å². The minimum atomic E-state index is -1.72. The number of aliphatic carboxylic acids is 1. The molecule has 1 atom stereocenters. The molecule has 0 spiro atoms. The van der Waals surface area contributed by atoms with Crippen LogP contribution in [0.4, 0.5) is 0 Å². The number of ether oxygens (including phenoxy) is 4. The average Bonchev–Trinajstić information content (AvgIpc) is 3.27. The minimum Gasteiger partial charge on any atom is -0.481 e. The summed E-state index contributed by atoms with van der Waals surface area (Å²) < 4.78 is 21.3. The Kier molecular flexibility index (Phi) is 21.9. The van der Waals surface area contributed by atoms with Crippen molar-refractivity contribution in [1.82, 2.24) is 16.0 Å². The molecule has 0 aliphatic carbocycles. The maximum atomic E-state index is 13.1. The van der Waals surface area contributed by atoms with Crippen molar-refractivity contribution >= 4 is 41.6 Å². The molecular weight excluding hydrogens is 787 g/mol. The van der Waals surface area contributed by atoms with Crippen molar-refractivity contribution < 1.29 is 57.6 Å². The average molecular weight is 840 g/mol. The molecule has 0 heterocycles. The van der Waals surface area contributed by atoms with Crippen LogP contribution >= 0.6 is 0 Å². The molecule has 0 aliphatic rings. The smallest absolute Gasteiger partial charge is 0.359 e. The Morgan fingerprint density at radius 3 is 1.57 bits per heavy atom. The number of amides is 3. The predicted octanol–water partition coefficient (Wildman–Crippen LogP) is 4.99. The molecule has 0 fully saturated rings. The number of esters is 3. The number of nitrogens with one attached hydrogen (secondary N) is 3. The van der Waals surface area contributed by atoms with Gasteiger partial charge < -0.3 is 40.0 Å². The summed E-state index contributed by atoms with van der Waals surface area (Å²) in [6.45, 7) is 3.63. The predicted molar refractivity (Wildman–Crippen MR) is 223 cm³/mol. The largest absolute Gasteiger partial charge is 0.481 e. The van der Waals surface area contributed by atoms with E-state index in [0.29, 0.717) is 18.7 Å². The Labute approximate surface area is 355 Å². The van der Waals surface area contributed by atoms with Gasteiger partial charge in [0.1, 0.15) is 31.6 Å². The first kappa shape index (κ1) is 48.3. The summed E-state index contributed by atoms with van der Waals surface area (Å²) in [4.78, 5) is 84.8. The standard InChI is InChI=1S/C37H43N3O10.C9H10O2/c1-2-3-10-21-38-35(45)30(40-32(42)23-39-31(41)19-20-33(43)44)22-26-15-17-29(18-16-26)50-34(36(46)48-24-27-11-6-4-7-12-27)37(47)49-25-28-13-8-5-9-14-28;1-8(10)11-7-9-5-3-2-4-6-9/h4-9,11-18,30,34H,2-3,10,19-25H2,1H3,(H,38,45)(H,39,41)(H,40,42)(H,43,44);2-6H,7H2,1H3. The second kappa shape index (κ2) is 27.6. The summed E-state index contributed by atoms with van der Waals surface area (Å²) in [5.41, 5.74) is 3.07. The fraction of sp³-hybridized carbons (Fsp3) is 0.326. The topological polar surface area (TPSA) is 213 Å². The SMILES string of the molecule is CC(=O)OCc1ccccc1.CCCCCNC(=O)C(Cc1ccc(OC(C(=O)OCc2ccccc2)C(=O)OCc2ccccc2)cc1)NC(=O)CNC(=O)CCC(=O)O. The Morgan fingerprint density at radius 2 is 1.10 bits per heavy atom. The molecule has 3 amide bonds. The Morgan fingerprint density at radius 1 is 0.590 bits per heavy atom. The van der Waals surface area contributed by atoms with Crippen LogP contribution in [-0.4, -0.2) is 71.9 Å². The van der Waals surface area contributed by atoms with Gasteiger partial charge in [-0.3, -0.25) is 24.0 Å². The van der Waals surface area contributed by atoms with E-state index in [-0.39, 0.29) is 44.2 Å². The van der Waals surface area contributed by atoms with Gasteiger partial charge in [0.25, 0.3) is 6.10 Å². The first-order valence-corrected chi connectivity index (χ1v) is 19.8. The van der Waals surface area contributed by atoms with E-state index in [1.807, 2.05) is 49.4 Å². The third-order valence-corrected chi connectivity index (χ3v) is 8.52. The molecule has 0 saturated carbocycles. The molecule has 0 bridgehead atoms. The van der Waals surface area contributed by atoms with Gasteiger partial charge >= 0.3 is 23.9 Å². The van der Waals surface area contributed by atoms with Crippen LogP contribution in [0, 0.1) is 0 Å². The molecule has 4 aromatic rings. The number of hydrogen-bond acceptors (Lipinski definition) is 11. The number of benzene rings is 4. The van der Waals surface area contributed by atoms with Crippen molar-refractivity contribution in [2.24, 2.45) is 0 Å². The molecule has 61 heavy (non-hydrogen) atoms. The van der Waals surface area contributed by atoms with Crippen LogP contribution in [0.1, 0.15) is 68.2 Å². The highest BCUT2D eigenvalue weighted by molar-refractivity contribution is 5.98. The lowest BCUT2D eigenvalue weighted by Gasteiger charge is -2.20. The zero-order valence-corrected chi connectivity index (χ0v) is 34.3.